The number of hydrogen-bond donors (Lipinski definition) is 2. The van der Waals surface area contributed by atoms with Crippen LogP contribution in [0.3, 0.4) is 0 Å². The van der Waals surface area contributed by atoms with Crippen molar-refractivity contribution in [3.05, 3.63) is 71.5 Å². The first-order valence-corrected chi connectivity index (χ1v) is 10.6. The SMILES string of the molecule is O=C(CNC(=S)N(Cc1ccccc1)Cc1ccccc1F)NC1CCCCC1. The smallest absolute Gasteiger partial charge is 0.239 e. The Morgan fingerprint density at radius 1 is 1.00 bits per heavy atom. The van der Waals surface area contributed by atoms with Crippen LogP contribution in [0.15, 0.2) is 54.6 Å². The van der Waals surface area contributed by atoms with Gasteiger partial charge < -0.3 is 15.5 Å². The maximum absolute atomic E-state index is 14.2. The van der Waals surface area contributed by atoms with Crippen LogP contribution in [-0.2, 0) is 17.9 Å². The molecule has 1 amide bonds. The van der Waals surface area contributed by atoms with Crippen molar-refractivity contribution in [3.8, 4) is 0 Å². The summed E-state index contributed by atoms with van der Waals surface area (Å²) in [5.74, 6) is -0.312. The number of hydrogen-bond acceptors (Lipinski definition) is 2. The predicted molar refractivity (Wildman–Crippen MR) is 118 cm³/mol. The van der Waals surface area contributed by atoms with Crippen LogP contribution >= 0.6 is 12.2 Å². The van der Waals surface area contributed by atoms with Gasteiger partial charge in [-0.3, -0.25) is 4.79 Å². The fourth-order valence-corrected chi connectivity index (χ4v) is 3.83. The molecule has 0 saturated heterocycles. The molecule has 1 fully saturated rings. The summed E-state index contributed by atoms with van der Waals surface area (Å²) < 4.78 is 14.2. The first kappa shape index (κ1) is 21.2. The number of rotatable bonds is 7. The zero-order valence-corrected chi connectivity index (χ0v) is 17.4. The van der Waals surface area contributed by atoms with Crippen molar-refractivity contribution < 1.29 is 9.18 Å². The van der Waals surface area contributed by atoms with E-state index in [1.807, 2.05) is 41.3 Å². The first-order valence-electron chi connectivity index (χ1n) is 10.2. The number of thiocarbonyl (C=S) groups is 1. The highest BCUT2D eigenvalue weighted by molar-refractivity contribution is 7.80. The Bertz CT molecular complexity index is 809. The molecule has 3 rings (SSSR count). The molecule has 0 spiro atoms. The summed E-state index contributed by atoms with van der Waals surface area (Å²) in [4.78, 5) is 14.2. The van der Waals surface area contributed by atoms with Gasteiger partial charge in [-0.1, -0.05) is 67.8 Å². The number of nitrogens with one attached hydrogen (secondary N) is 2. The molecule has 0 bridgehead atoms. The van der Waals surface area contributed by atoms with Crippen LogP contribution < -0.4 is 10.6 Å². The number of amides is 1. The van der Waals surface area contributed by atoms with Crippen molar-refractivity contribution in [3.63, 3.8) is 0 Å². The average Bonchev–Trinajstić information content (AvgIpc) is 2.74. The Balaban J connectivity index is 1.60. The number of carbonyl (C=O) groups is 1. The molecule has 2 N–H and O–H groups in total. The van der Waals surface area contributed by atoms with E-state index < -0.39 is 0 Å². The molecule has 0 aromatic heterocycles. The summed E-state index contributed by atoms with van der Waals surface area (Å²) in [5.41, 5.74) is 1.64. The molecule has 1 aliphatic rings. The van der Waals surface area contributed by atoms with Gasteiger partial charge in [0.05, 0.1) is 6.54 Å². The van der Waals surface area contributed by atoms with Gasteiger partial charge in [0.15, 0.2) is 5.11 Å². The molecular weight excluding hydrogens is 385 g/mol. The topological polar surface area (TPSA) is 44.4 Å². The second-order valence-electron chi connectivity index (χ2n) is 7.49. The average molecular weight is 414 g/mol. The van der Waals surface area contributed by atoms with E-state index >= 15 is 0 Å². The molecule has 1 saturated carbocycles. The molecular formula is C23H28FN3OS. The van der Waals surface area contributed by atoms with E-state index in [1.165, 1.54) is 25.3 Å². The molecule has 29 heavy (non-hydrogen) atoms. The fourth-order valence-electron chi connectivity index (χ4n) is 3.63. The van der Waals surface area contributed by atoms with E-state index in [-0.39, 0.29) is 24.3 Å². The summed E-state index contributed by atoms with van der Waals surface area (Å²) in [7, 11) is 0. The molecule has 0 unspecified atom stereocenters. The van der Waals surface area contributed by atoms with Crippen LogP contribution in [0.5, 0.6) is 0 Å². The summed E-state index contributed by atoms with van der Waals surface area (Å²) in [6, 6.07) is 16.9. The highest BCUT2D eigenvalue weighted by Crippen LogP contribution is 2.17. The summed E-state index contributed by atoms with van der Waals surface area (Å²) in [6.07, 6.45) is 5.68. The van der Waals surface area contributed by atoms with Gasteiger partial charge in [0, 0.05) is 24.7 Å². The third kappa shape index (κ3) is 6.82. The molecule has 2 aromatic carbocycles. The zero-order valence-electron chi connectivity index (χ0n) is 16.6. The fraction of sp³-hybridized carbons (Fsp3) is 0.391. The number of carbonyl (C=O) groups excluding carboxylic acids is 1. The largest absolute Gasteiger partial charge is 0.353 e. The summed E-state index contributed by atoms with van der Waals surface area (Å²) >= 11 is 5.55. The standard InChI is InChI=1S/C23H28FN3OS/c24-21-14-8-7-11-19(21)17-27(16-18-9-3-1-4-10-18)23(29)25-15-22(28)26-20-12-5-2-6-13-20/h1,3-4,7-11,14,20H,2,5-6,12-13,15-17H2,(H,25,29)(H,26,28). The van der Waals surface area contributed by atoms with Crippen molar-refractivity contribution in [1.82, 2.24) is 15.5 Å². The Hall–Kier alpha value is -2.47. The monoisotopic (exact) mass is 413 g/mol. The van der Waals surface area contributed by atoms with Crippen LogP contribution in [0.4, 0.5) is 4.39 Å². The first-order chi connectivity index (χ1) is 14.1. The minimum Gasteiger partial charge on any atom is -0.353 e. The van der Waals surface area contributed by atoms with Gasteiger partial charge in [-0.2, -0.15) is 0 Å². The van der Waals surface area contributed by atoms with Gasteiger partial charge >= 0.3 is 0 Å². The second-order valence-corrected chi connectivity index (χ2v) is 7.88. The molecule has 6 heteroatoms. The van der Waals surface area contributed by atoms with E-state index in [0.29, 0.717) is 23.8 Å². The van der Waals surface area contributed by atoms with Crippen molar-refractivity contribution >= 4 is 23.2 Å². The molecule has 154 valence electrons. The lowest BCUT2D eigenvalue weighted by atomic mass is 9.95. The Morgan fingerprint density at radius 3 is 2.41 bits per heavy atom. The van der Waals surface area contributed by atoms with Gasteiger partial charge in [0.1, 0.15) is 5.82 Å². The molecule has 0 heterocycles. The molecule has 0 radical (unpaired) electrons. The molecule has 4 nitrogen and oxygen atoms in total. The lowest BCUT2D eigenvalue weighted by Gasteiger charge is -2.27. The second kappa shape index (κ2) is 10.9. The van der Waals surface area contributed by atoms with Gasteiger partial charge in [0.25, 0.3) is 0 Å². The lowest BCUT2D eigenvalue weighted by molar-refractivity contribution is -0.120. The van der Waals surface area contributed by atoms with Gasteiger partial charge in [-0.25, -0.2) is 4.39 Å². The maximum Gasteiger partial charge on any atom is 0.239 e. The molecule has 2 aromatic rings. The number of halogens is 1. The van der Waals surface area contributed by atoms with Gasteiger partial charge in [-0.05, 0) is 36.7 Å². The Labute approximate surface area is 177 Å². The van der Waals surface area contributed by atoms with Crippen LogP contribution in [0.25, 0.3) is 0 Å². The normalized spacial score (nSPS) is 14.2. The van der Waals surface area contributed by atoms with Crippen molar-refractivity contribution in [2.75, 3.05) is 6.54 Å². The highest BCUT2D eigenvalue weighted by Gasteiger charge is 2.17. The van der Waals surface area contributed by atoms with Crippen LogP contribution in [0.1, 0.15) is 43.2 Å². The number of nitrogens with zero attached hydrogens (tertiary/aromatic N) is 1. The minimum atomic E-state index is -0.261. The zero-order chi connectivity index (χ0) is 20.5. The minimum absolute atomic E-state index is 0.0511. The quantitative estimate of drug-likeness (QED) is 0.670. The van der Waals surface area contributed by atoms with Crippen molar-refractivity contribution in [2.24, 2.45) is 0 Å². The summed E-state index contributed by atoms with van der Waals surface area (Å²) in [5, 5.41) is 6.58. The molecule has 0 atom stereocenters. The Kier molecular flexibility index (Phi) is 7.99. The van der Waals surface area contributed by atoms with Gasteiger partial charge in [0.2, 0.25) is 5.91 Å². The Morgan fingerprint density at radius 2 is 1.69 bits per heavy atom. The van der Waals surface area contributed by atoms with Crippen LogP contribution in [0, 0.1) is 5.82 Å². The third-order valence-electron chi connectivity index (χ3n) is 5.19. The van der Waals surface area contributed by atoms with Crippen LogP contribution in [0.2, 0.25) is 0 Å². The van der Waals surface area contributed by atoms with E-state index in [0.717, 1.165) is 18.4 Å². The third-order valence-corrected chi connectivity index (χ3v) is 5.60. The predicted octanol–water partition coefficient (Wildman–Crippen LogP) is 4.15. The number of benzene rings is 2. The van der Waals surface area contributed by atoms with E-state index in [4.69, 9.17) is 12.2 Å². The summed E-state index contributed by atoms with van der Waals surface area (Å²) in [6.45, 7) is 0.987. The van der Waals surface area contributed by atoms with E-state index in [2.05, 4.69) is 10.6 Å². The van der Waals surface area contributed by atoms with E-state index in [9.17, 15) is 9.18 Å². The maximum atomic E-state index is 14.2. The molecule has 0 aliphatic heterocycles. The highest BCUT2D eigenvalue weighted by atomic mass is 32.1. The lowest BCUT2D eigenvalue weighted by Crippen LogP contribution is -2.46. The molecule has 1 aliphatic carbocycles. The van der Waals surface area contributed by atoms with Crippen molar-refractivity contribution in [2.45, 2.75) is 51.2 Å². The van der Waals surface area contributed by atoms with Crippen LogP contribution in [-0.4, -0.2) is 28.5 Å². The van der Waals surface area contributed by atoms with Crippen molar-refractivity contribution in [1.29, 1.82) is 0 Å². The van der Waals surface area contributed by atoms with Gasteiger partial charge in [-0.15, -0.1) is 0 Å². The van der Waals surface area contributed by atoms with E-state index in [1.54, 1.807) is 12.1 Å².